The standard InChI is InChI=1S/C26H32N4O5S/c1-16-24-21(30(17(2)31)25(16)32)13-15-28(24)26(33)22-11-7-14-29(22)36(34,35)23-12-6-8-18-19(23)9-5-10-20(18)27(3)4/h5-6,8-10,12,16,21-22,24H,7,11,13-15H2,1-4H3/t16-,21-,22?,24+/m0/s1. The molecule has 10 heteroatoms. The van der Waals surface area contributed by atoms with E-state index in [9.17, 15) is 22.8 Å². The van der Waals surface area contributed by atoms with E-state index in [-0.39, 0.29) is 35.2 Å². The molecule has 3 aliphatic heterocycles. The van der Waals surface area contributed by atoms with Gasteiger partial charge in [-0.3, -0.25) is 19.3 Å². The first-order chi connectivity index (χ1) is 17.1. The Morgan fingerprint density at radius 2 is 1.69 bits per heavy atom. The Bertz CT molecular complexity index is 1360. The lowest BCUT2D eigenvalue weighted by Crippen LogP contribution is -2.51. The van der Waals surface area contributed by atoms with Gasteiger partial charge in [-0.15, -0.1) is 0 Å². The van der Waals surface area contributed by atoms with Crippen molar-refractivity contribution in [1.82, 2.24) is 14.1 Å². The summed E-state index contributed by atoms with van der Waals surface area (Å²) < 4.78 is 29.3. The number of nitrogens with zero attached hydrogens (tertiary/aromatic N) is 4. The van der Waals surface area contributed by atoms with Gasteiger partial charge in [0.1, 0.15) is 6.04 Å². The maximum Gasteiger partial charge on any atom is 0.244 e. The van der Waals surface area contributed by atoms with Gasteiger partial charge in [0.15, 0.2) is 0 Å². The summed E-state index contributed by atoms with van der Waals surface area (Å²) >= 11 is 0. The molecule has 0 saturated carbocycles. The van der Waals surface area contributed by atoms with Crippen molar-refractivity contribution in [2.24, 2.45) is 5.92 Å². The Morgan fingerprint density at radius 1 is 1.00 bits per heavy atom. The van der Waals surface area contributed by atoms with E-state index in [0.29, 0.717) is 31.2 Å². The first-order valence-electron chi connectivity index (χ1n) is 12.4. The topological polar surface area (TPSA) is 98.3 Å². The zero-order valence-corrected chi connectivity index (χ0v) is 21.9. The molecule has 0 radical (unpaired) electrons. The van der Waals surface area contributed by atoms with Gasteiger partial charge in [0.05, 0.1) is 22.9 Å². The number of fused-ring (bicyclic) bond motifs is 2. The molecule has 9 nitrogen and oxygen atoms in total. The Labute approximate surface area is 211 Å². The fraction of sp³-hybridized carbons (Fsp3) is 0.500. The first kappa shape index (κ1) is 24.7. The van der Waals surface area contributed by atoms with Gasteiger partial charge in [0.25, 0.3) is 0 Å². The molecule has 2 aromatic rings. The van der Waals surface area contributed by atoms with Gasteiger partial charge in [-0.05, 0) is 31.4 Å². The minimum absolute atomic E-state index is 0.190. The van der Waals surface area contributed by atoms with Crippen molar-refractivity contribution in [2.45, 2.75) is 56.1 Å². The quantitative estimate of drug-likeness (QED) is 0.622. The lowest BCUT2D eigenvalue weighted by molar-refractivity contribution is -0.143. The summed E-state index contributed by atoms with van der Waals surface area (Å²) in [4.78, 5) is 43.7. The molecule has 2 aromatic carbocycles. The van der Waals surface area contributed by atoms with E-state index in [2.05, 4.69) is 0 Å². The van der Waals surface area contributed by atoms with E-state index < -0.39 is 28.0 Å². The van der Waals surface area contributed by atoms with Gasteiger partial charge in [-0.25, -0.2) is 8.42 Å². The van der Waals surface area contributed by atoms with Crippen LogP contribution in [-0.2, 0) is 24.4 Å². The number of amides is 3. The van der Waals surface area contributed by atoms with Crippen molar-refractivity contribution in [3.63, 3.8) is 0 Å². The molecule has 0 spiro atoms. The Hall–Kier alpha value is -2.98. The molecule has 5 rings (SSSR count). The van der Waals surface area contributed by atoms with E-state index in [1.54, 1.807) is 30.0 Å². The van der Waals surface area contributed by atoms with Crippen LogP contribution in [0.5, 0.6) is 0 Å². The normalized spacial score (nSPS) is 26.6. The summed E-state index contributed by atoms with van der Waals surface area (Å²) in [5.41, 5.74) is 0.914. The highest BCUT2D eigenvalue weighted by atomic mass is 32.2. The number of carbonyl (C=O) groups excluding carboxylic acids is 3. The zero-order chi connectivity index (χ0) is 25.9. The lowest BCUT2D eigenvalue weighted by Gasteiger charge is -2.32. The van der Waals surface area contributed by atoms with Gasteiger partial charge < -0.3 is 9.80 Å². The second kappa shape index (κ2) is 8.85. The molecule has 1 unspecified atom stereocenters. The summed E-state index contributed by atoms with van der Waals surface area (Å²) in [6.45, 7) is 3.78. The molecule has 36 heavy (non-hydrogen) atoms. The summed E-state index contributed by atoms with van der Waals surface area (Å²) in [6.07, 6.45) is 1.53. The number of carbonyl (C=O) groups is 3. The smallest absolute Gasteiger partial charge is 0.244 e. The monoisotopic (exact) mass is 512 g/mol. The minimum atomic E-state index is -3.97. The zero-order valence-electron chi connectivity index (χ0n) is 21.0. The van der Waals surface area contributed by atoms with Gasteiger partial charge >= 0.3 is 0 Å². The van der Waals surface area contributed by atoms with Crippen LogP contribution in [0.1, 0.15) is 33.1 Å². The Morgan fingerprint density at radius 3 is 2.39 bits per heavy atom. The highest BCUT2D eigenvalue weighted by molar-refractivity contribution is 7.89. The van der Waals surface area contributed by atoms with Crippen LogP contribution in [0.4, 0.5) is 5.69 Å². The number of hydrogen-bond donors (Lipinski definition) is 0. The Kier molecular flexibility index (Phi) is 6.07. The maximum atomic E-state index is 14.0. The number of benzene rings is 2. The molecule has 0 aliphatic carbocycles. The number of imide groups is 1. The summed E-state index contributed by atoms with van der Waals surface area (Å²) in [5, 5.41) is 1.45. The molecule has 192 valence electrons. The predicted octanol–water partition coefficient (Wildman–Crippen LogP) is 2.05. The Balaban J connectivity index is 1.48. The van der Waals surface area contributed by atoms with Crippen LogP contribution >= 0.6 is 0 Å². The van der Waals surface area contributed by atoms with Crippen LogP contribution in [0, 0.1) is 5.92 Å². The number of hydrogen-bond acceptors (Lipinski definition) is 6. The molecular formula is C26H32N4O5S. The average molecular weight is 513 g/mol. The third kappa shape index (κ3) is 3.61. The van der Waals surface area contributed by atoms with Crippen LogP contribution in [0.3, 0.4) is 0 Å². The predicted molar refractivity (Wildman–Crippen MR) is 136 cm³/mol. The van der Waals surface area contributed by atoms with Gasteiger partial charge in [-0.2, -0.15) is 4.31 Å². The second-order valence-electron chi connectivity index (χ2n) is 10.2. The van der Waals surface area contributed by atoms with Crippen molar-refractivity contribution < 1.29 is 22.8 Å². The van der Waals surface area contributed by atoms with E-state index in [1.807, 2.05) is 37.2 Å². The molecule has 3 saturated heterocycles. The van der Waals surface area contributed by atoms with Crippen molar-refractivity contribution in [1.29, 1.82) is 0 Å². The molecule has 4 atom stereocenters. The SMILES string of the molecule is CC(=O)N1C(=O)[C@@H](C)[C@@H]2[C@@H]1CCN2C(=O)C1CCCN1S(=O)(=O)c1cccc2c(N(C)C)cccc12. The van der Waals surface area contributed by atoms with Crippen LogP contribution in [0.2, 0.25) is 0 Å². The molecule has 3 fully saturated rings. The number of likely N-dealkylation sites (tertiary alicyclic amines) is 2. The molecule has 0 aromatic heterocycles. The molecule has 3 heterocycles. The third-order valence-corrected chi connectivity index (χ3v) is 9.90. The summed E-state index contributed by atoms with van der Waals surface area (Å²) in [6, 6.07) is 9.24. The van der Waals surface area contributed by atoms with E-state index in [4.69, 9.17) is 0 Å². The summed E-state index contributed by atoms with van der Waals surface area (Å²) in [5.74, 6) is -1.35. The van der Waals surface area contributed by atoms with Gasteiger partial charge in [0, 0.05) is 50.6 Å². The van der Waals surface area contributed by atoms with Crippen LogP contribution in [0.15, 0.2) is 41.3 Å². The second-order valence-corrected chi connectivity index (χ2v) is 12.0. The fourth-order valence-corrected chi connectivity index (χ4v) is 8.19. The maximum absolute atomic E-state index is 14.0. The van der Waals surface area contributed by atoms with E-state index >= 15 is 0 Å². The highest BCUT2D eigenvalue weighted by Gasteiger charge is 2.56. The lowest BCUT2D eigenvalue weighted by atomic mass is 10.0. The number of rotatable bonds is 4. The molecule has 0 N–H and O–H groups in total. The minimum Gasteiger partial charge on any atom is -0.377 e. The largest absolute Gasteiger partial charge is 0.377 e. The van der Waals surface area contributed by atoms with Crippen LogP contribution < -0.4 is 4.90 Å². The average Bonchev–Trinajstić information content (AvgIpc) is 3.55. The van der Waals surface area contributed by atoms with Crippen molar-refractivity contribution in [2.75, 3.05) is 32.1 Å². The van der Waals surface area contributed by atoms with E-state index in [1.165, 1.54) is 16.1 Å². The van der Waals surface area contributed by atoms with Gasteiger partial charge in [0.2, 0.25) is 27.7 Å². The molecule has 0 bridgehead atoms. The first-order valence-corrected chi connectivity index (χ1v) is 13.8. The fourth-order valence-electron chi connectivity index (χ4n) is 6.33. The highest BCUT2D eigenvalue weighted by Crippen LogP contribution is 2.39. The van der Waals surface area contributed by atoms with Crippen molar-refractivity contribution in [3.8, 4) is 0 Å². The molecule has 3 aliphatic rings. The number of anilines is 1. The third-order valence-electron chi connectivity index (χ3n) is 7.93. The van der Waals surface area contributed by atoms with Crippen LogP contribution in [0.25, 0.3) is 10.8 Å². The number of sulfonamides is 1. The van der Waals surface area contributed by atoms with Crippen molar-refractivity contribution in [3.05, 3.63) is 36.4 Å². The summed E-state index contributed by atoms with van der Waals surface area (Å²) in [7, 11) is -0.140. The molecular weight excluding hydrogens is 480 g/mol. The van der Waals surface area contributed by atoms with E-state index in [0.717, 1.165) is 11.1 Å². The molecule has 3 amide bonds. The van der Waals surface area contributed by atoms with Crippen LogP contribution in [-0.4, -0.2) is 85.6 Å². The van der Waals surface area contributed by atoms with Gasteiger partial charge in [-0.1, -0.05) is 31.2 Å². The van der Waals surface area contributed by atoms with Crippen molar-refractivity contribution >= 4 is 44.2 Å².